The molecule has 2 rings (SSSR count). The van der Waals surface area contributed by atoms with E-state index in [4.69, 9.17) is 0 Å². The zero-order chi connectivity index (χ0) is 14.5. The van der Waals surface area contributed by atoms with E-state index in [1.807, 2.05) is 12.1 Å². The highest BCUT2D eigenvalue weighted by molar-refractivity contribution is 5.56. The van der Waals surface area contributed by atoms with E-state index in [1.54, 1.807) is 13.0 Å². The number of anilines is 1. The van der Waals surface area contributed by atoms with Gasteiger partial charge in [0.2, 0.25) is 0 Å². The minimum atomic E-state index is -0.295. The molecule has 5 heteroatoms. The molecule has 1 aliphatic rings. The number of nitrogens with zero attached hydrogens (tertiary/aromatic N) is 3. The van der Waals surface area contributed by atoms with Crippen molar-refractivity contribution < 1.29 is 4.92 Å². The van der Waals surface area contributed by atoms with Crippen LogP contribution < -0.4 is 4.90 Å². The van der Waals surface area contributed by atoms with Crippen LogP contribution in [0.25, 0.3) is 0 Å². The van der Waals surface area contributed by atoms with Gasteiger partial charge in [0.1, 0.15) is 0 Å². The number of nitro benzene ring substituents is 1. The molecule has 0 spiro atoms. The van der Waals surface area contributed by atoms with Crippen LogP contribution >= 0.6 is 0 Å². The predicted octanol–water partition coefficient (Wildman–Crippen LogP) is 2.83. The van der Waals surface area contributed by atoms with Crippen molar-refractivity contribution >= 4 is 11.4 Å². The maximum atomic E-state index is 11.0. The smallest absolute Gasteiger partial charge is 0.274 e. The van der Waals surface area contributed by atoms with E-state index in [0.717, 1.165) is 37.4 Å². The lowest BCUT2D eigenvalue weighted by atomic mass is 10.1. The molecular formula is C15H23N3O2. The maximum Gasteiger partial charge on any atom is 0.274 e. The summed E-state index contributed by atoms with van der Waals surface area (Å²) in [5.41, 5.74) is 1.91. The number of hydrogen-bond acceptors (Lipinski definition) is 4. The van der Waals surface area contributed by atoms with Crippen molar-refractivity contribution in [2.45, 2.75) is 26.7 Å². The van der Waals surface area contributed by atoms with Crippen LogP contribution in [-0.4, -0.2) is 42.5 Å². The number of benzene rings is 1. The maximum absolute atomic E-state index is 11.0. The quantitative estimate of drug-likeness (QED) is 0.613. The number of hydrogen-bond donors (Lipinski definition) is 0. The van der Waals surface area contributed by atoms with E-state index >= 15 is 0 Å². The SMILES string of the molecule is CCCCN1CCN(c2ccc(C)c([N+](=O)[O-])c2)CC1. The molecule has 110 valence electrons. The van der Waals surface area contributed by atoms with Crippen LogP contribution in [0.3, 0.4) is 0 Å². The Kier molecular flexibility index (Phi) is 4.95. The van der Waals surface area contributed by atoms with Gasteiger partial charge in [-0.3, -0.25) is 15.0 Å². The second-order valence-electron chi connectivity index (χ2n) is 5.41. The molecule has 1 aromatic carbocycles. The van der Waals surface area contributed by atoms with Crippen LogP contribution in [0.1, 0.15) is 25.3 Å². The molecular weight excluding hydrogens is 254 g/mol. The van der Waals surface area contributed by atoms with Crippen molar-refractivity contribution in [1.29, 1.82) is 0 Å². The summed E-state index contributed by atoms with van der Waals surface area (Å²) in [6.07, 6.45) is 2.47. The Morgan fingerprint density at radius 1 is 1.25 bits per heavy atom. The second kappa shape index (κ2) is 6.70. The molecule has 1 aromatic rings. The third-order valence-corrected chi connectivity index (χ3v) is 3.95. The third-order valence-electron chi connectivity index (χ3n) is 3.95. The van der Waals surface area contributed by atoms with Crippen molar-refractivity contribution in [3.8, 4) is 0 Å². The highest BCUT2D eigenvalue weighted by atomic mass is 16.6. The van der Waals surface area contributed by atoms with Gasteiger partial charge >= 0.3 is 0 Å². The van der Waals surface area contributed by atoms with Gasteiger partial charge in [-0.15, -0.1) is 0 Å². The lowest BCUT2D eigenvalue weighted by molar-refractivity contribution is -0.385. The first-order chi connectivity index (χ1) is 9.61. The van der Waals surface area contributed by atoms with Gasteiger partial charge in [0, 0.05) is 43.5 Å². The van der Waals surface area contributed by atoms with Crippen molar-refractivity contribution in [1.82, 2.24) is 4.90 Å². The molecule has 1 saturated heterocycles. The molecule has 1 fully saturated rings. The Morgan fingerprint density at radius 2 is 1.95 bits per heavy atom. The summed E-state index contributed by atoms with van der Waals surface area (Å²) >= 11 is 0. The van der Waals surface area contributed by atoms with Crippen LogP contribution in [0.15, 0.2) is 18.2 Å². The molecule has 0 radical (unpaired) electrons. The molecule has 5 nitrogen and oxygen atoms in total. The molecule has 0 aromatic heterocycles. The summed E-state index contributed by atoms with van der Waals surface area (Å²) in [5.74, 6) is 0. The first-order valence-electron chi connectivity index (χ1n) is 7.34. The highest BCUT2D eigenvalue weighted by Gasteiger charge is 2.19. The summed E-state index contributed by atoms with van der Waals surface area (Å²) in [5, 5.41) is 11.0. The van der Waals surface area contributed by atoms with Crippen molar-refractivity contribution in [3.05, 3.63) is 33.9 Å². The van der Waals surface area contributed by atoms with Crippen LogP contribution in [0, 0.1) is 17.0 Å². The first kappa shape index (κ1) is 14.8. The molecule has 0 bridgehead atoms. The number of nitro groups is 1. The Balaban J connectivity index is 2.00. The van der Waals surface area contributed by atoms with E-state index in [0.29, 0.717) is 0 Å². The Morgan fingerprint density at radius 3 is 2.55 bits per heavy atom. The minimum Gasteiger partial charge on any atom is -0.369 e. The molecule has 20 heavy (non-hydrogen) atoms. The fourth-order valence-electron chi connectivity index (χ4n) is 2.60. The van der Waals surface area contributed by atoms with Crippen molar-refractivity contribution in [2.24, 2.45) is 0 Å². The number of aryl methyl sites for hydroxylation is 1. The highest BCUT2D eigenvalue weighted by Crippen LogP contribution is 2.25. The van der Waals surface area contributed by atoms with Gasteiger partial charge in [-0.25, -0.2) is 0 Å². The number of piperazine rings is 1. The van der Waals surface area contributed by atoms with Crippen molar-refractivity contribution in [3.63, 3.8) is 0 Å². The Bertz CT molecular complexity index is 468. The first-order valence-corrected chi connectivity index (χ1v) is 7.34. The average molecular weight is 277 g/mol. The van der Waals surface area contributed by atoms with E-state index in [9.17, 15) is 10.1 Å². The minimum absolute atomic E-state index is 0.218. The van der Waals surface area contributed by atoms with Gasteiger partial charge in [-0.05, 0) is 26.0 Å². The monoisotopic (exact) mass is 277 g/mol. The summed E-state index contributed by atoms with van der Waals surface area (Å²) in [7, 11) is 0. The lowest BCUT2D eigenvalue weighted by Gasteiger charge is -2.36. The zero-order valence-electron chi connectivity index (χ0n) is 12.3. The van der Waals surface area contributed by atoms with Crippen LogP contribution in [0.5, 0.6) is 0 Å². The average Bonchev–Trinajstić information content (AvgIpc) is 2.46. The van der Waals surface area contributed by atoms with E-state index in [1.165, 1.54) is 19.4 Å². The fraction of sp³-hybridized carbons (Fsp3) is 0.600. The van der Waals surface area contributed by atoms with Gasteiger partial charge in [0.25, 0.3) is 5.69 Å². The van der Waals surface area contributed by atoms with Crippen LogP contribution in [0.4, 0.5) is 11.4 Å². The van der Waals surface area contributed by atoms with Crippen molar-refractivity contribution in [2.75, 3.05) is 37.6 Å². The summed E-state index contributed by atoms with van der Waals surface area (Å²) in [6.45, 7) is 9.14. The van der Waals surface area contributed by atoms with Gasteiger partial charge in [0.15, 0.2) is 0 Å². The molecule has 0 atom stereocenters. The standard InChI is InChI=1S/C15H23N3O2/c1-3-4-7-16-8-10-17(11-9-16)14-6-5-13(2)15(12-14)18(19)20/h5-6,12H,3-4,7-11H2,1-2H3. The molecule has 1 heterocycles. The molecule has 0 N–H and O–H groups in total. The van der Waals surface area contributed by atoms with E-state index in [-0.39, 0.29) is 10.6 Å². The van der Waals surface area contributed by atoms with Gasteiger partial charge in [-0.1, -0.05) is 19.4 Å². The predicted molar refractivity (Wildman–Crippen MR) is 81.4 cm³/mol. The molecule has 0 amide bonds. The molecule has 0 aliphatic carbocycles. The largest absolute Gasteiger partial charge is 0.369 e. The zero-order valence-corrected chi connectivity index (χ0v) is 12.3. The number of unbranched alkanes of at least 4 members (excludes halogenated alkanes) is 1. The number of rotatable bonds is 5. The second-order valence-corrected chi connectivity index (χ2v) is 5.41. The van der Waals surface area contributed by atoms with Gasteiger partial charge in [0.05, 0.1) is 4.92 Å². The van der Waals surface area contributed by atoms with E-state index < -0.39 is 0 Å². The fourth-order valence-corrected chi connectivity index (χ4v) is 2.60. The van der Waals surface area contributed by atoms with Crippen LogP contribution in [-0.2, 0) is 0 Å². The normalized spacial score (nSPS) is 16.4. The molecule has 1 aliphatic heterocycles. The summed E-state index contributed by atoms with van der Waals surface area (Å²) in [4.78, 5) is 15.4. The molecule has 0 unspecified atom stereocenters. The van der Waals surface area contributed by atoms with Crippen LogP contribution in [0.2, 0.25) is 0 Å². The Hall–Kier alpha value is -1.62. The Labute approximate surface area is 120 Å². The summed E-state index contributed by atoms with van der Waals surface area (Å²) in [6, 6.07) is 5.54. The van der Waals surface area contributed by atoms with Gasteiger partial charge in [-0.2, -0.15) is 0 Å². The molecule has 0 saturated carbocycles. The van der Waals surface area contributed by atoms with Gasteiger partial charge < -0.3 is 4.90 Å². The van der Waals surface area contributed by atoms with E-state index in [2.05, 4.69) is 16.7 Å². The topological polar surface area (TPSA) is 49.6 Å². The summed E-state index contributed by atoms with van der Waals surface area (Å²) < 4.78 is 0. The third kappa shape index (κ3) is 3.48. The lowest BCUT2D eigenvalue weighted by Crippen LogP contribution is -2.46.